The Balaban J connectivity index is 1.31. The average molecular weight is 599 g/mol. The zero-order valence-electron chi connectivity index (χ0n) is 30.4. The molecule has 3 heteroatoms. The molecule has 0 aromatic heterocycles. The zero-order valence-corrected chi connectivity index (χ0v) is 30.4. The lowest BCUT2D eigenvalue weighted by Gasteiger charge is -2.65. The normalized spacial score (nSPS) is 49.4. The minimum absolute atomic E-state index is 0.120. The van der Waals surface area contributed by atoms with Crippen molar-refractivity contribution in [1.29, 1.82) is 0 Å². The van der Waals surface area contributed by atoms with Crippen molar-refractivity contribution in [3.8, 4) is 0 Å². The van der Waals surface area contributed by atoms with Crippen molar-refractivity contribution in [2.75, 3.05) is 0 Å². The minimum atomic E-state index is -0.132. The second-order valence-corrected chi connectivity index (χ2v) is 18.7. The Morgan fingerprint density at radius 3 is 2.21 bits per heavy atom. The smallest absolute Gasteiger partial charge is 0.161 e. The second kappa shape index (κ2) is 12.0. The van der Waals surface area contributed by atoms with Crippen LogP contribution in [0, 0.1) is 74.9 Å². The SMILES string of the molecule is CCC1OC(O[C@H]2CC[C@]3(C)C4CC[C@]5(C)[C@@H](C(C)(C)[C@H](C)CCC(C)C)CC[C@@]5(C)C4CC(=O)[C@H]3C2)C(C)C(C)C1C. The Labute approximate surface area is 266 Å². The number of ether oxygens (including phenoxy) is 2. The predicted molar refractivity (Wildman–Crippen MR) is 179 cm³/mol. The maximum atomic E-state index is 14.3. The van der Waals surface area contributed by atoms with Crippen molar-refractivity contribution in [2.24, 2.45) is 74.9 Å². The Kier molecular flexibility index (Phi) is 9.47. The molecule has 1 heterocycles. The molecule has 5 aliphatic rings. The van der Waals surface area contributed by atoms with Gasteiger partial charge in [0.1, 0.15) is 5.78 Å². The molecule has 248 valence electrons. The molecular weight excluding hydrogens is 528 g/mol. The highest BCUT2D eigenvalue weighted by molar-refractivity contribution is 5.83. The van der Waals surface area contributed by atoms with E-state index in [1.165, 1.54) is 38.5 Å². The summed E-state index contributed by atoms with van der Waals surface area (Å²) in [5.74, 6) is 5.72. The van der Waals surface area contributed by atoms with E-state index in [1.807, 2.05) is 0 Å². The average Bonchev–Trinajstić information content (AvgIpc) is 3.24. The summed E-state index contributed by atoms with van der Waals surface area (Å²) in [5.41, 5.74) is 1.04. The van der Waals surface area contributed by atoms with Crippen molar-refractivity contribution in [2.45, 2.75) is 172 Å². The summed E-state index contributed by atoms with van der Waals surface area (Å²) in [7, 11) is 0. The molecule has 7 unspecified atom stereocenters. The van der Waals surface area contributed by atoms with Gasteiger partial charge in [-0.3, -0.25) is 4.79 Å². The first-order chi connectivity index (χ1) is 20.0. The molecule has 4 aliphatic carbocycles. The van der Waals surface area contributed by atoms with Crippen LogP contribution < -0.4 is 0 Å². The molecule has 0 amide bonds. The van der Waals surface area contributed by atoms with Gasteiger partial charge in [0.15, 0.2) is 6.29 Å². The van der Waals surface area contributed by atoms with Gasteiger partial charge in [-0.05, 0) is 121 Å². The van der Waals surface area contributed by atoms with Crippen molar-refractivity contribution in [3.63, 3.8) is 0 Å². The third-order valence-corrected chi connectivity index (χ3v) is 16.3. The molecule has 0 radical (unpaired) electrons. The monoisotopic (exact) mass is 599 g/mol. The fourth-order valence-corrected chi connectivity index (χ4v) is 12.3. The third kappa shape index (κ3) is 5.43. The van der Waals surface area contributed by atoms with E-state index >= 15 is 0 Å². The summed E-state index contributed by atoms with van der Waals surface area (Å²) in [4.78, 5) is 14.3. The number of hydrogen-bond donors (Lipinski definition) is 0. The molecule has 0 bridgehead atoms. The molecule has 3 nitrogen and oxygen atoms in total. The molecule has 0 aromatic carbocycles. The van der Waals surface area contributed by atoms with Crippen LogP contribution in [-0.2, 0) is 14.3 Å². The fourth-order valence-electron chi connectivity index (χ4n) is 12.3. The number of Topliss-reactive ketones (excluding diaryl/α,β-unsaturated/α-hetero) is 1. The van der Waals surface area contributed by atoms with Gasteiger partial charge >= 0.3 is 0 Å². The summed E-state index contributed by atoms with van der Waals surface area (Å²) in [6.07, 6.45) is 13.2. The first-order valence-corrected chi connectivity index (χ1v) is 18.8. The van der Waals surface area contributed by atoms with Crippen molar-refractivity contribution >= 4 is 5.78 Å². The fraction of sp³-hybridized carbons (Fsp3) is 0.975. The van der Waals surface area contributed by atoms with Gasteiger partial charge in [0.05, 0.1) is 12.2 Å². The van der Waals surface area contributed by atoms with Gasteiger partial charge in [0.25, 0.3) is 0 Å². The predicted octanol–water partition coefficient (Wildman–Crippen LogP) is 10.7. The Hall–Kier alpha value is -0.410. The van der Waals surface area contributed by atoms with Crippen LogP contribution in [0.1, 0.15) is 154 Å². The maximum absolute atomic E-state index is 14.3. The Morgan fingerprint density at radius 2 is 1.56 bits per heavy atom. The maximum Gasteiger partial charge on any atom is 0.161 e. The van der Waals surface area contributed by atoms with E-state index in [9.17, 15) is 4.79 Å². The second-order valence-electron chi connectivity index (χ2n) is 18.7. The highest BCUT2D eigenvalue weighted by atomic mass is 16.7. The molecule has 1 saturated heterocycles. The first kappa shape index (κ1) is 33.9. The molecule has 5 rings (SSSR count). The summed E-state index contributed by atoms with van der Waals surface area (Å²) >= 11 is 0. The van der Waals surface area contributed by atoms with Crippen LogP contribution in [0.25, 0.3) is 0 Å². The van der Waals surface area contributed by atoms with Crippen molar-refractivity contribution in [1.82, 2.24) is 0 Å². The van der Waals surface area contributed by atoms with Gasteiger partial charge in [-0.25, -0.2) is 0 Å². The van der Waals surface area contributed by atoms with E-state index in [4.69, 9.17) is 9.47 Å². The Morgan fingerprint density at radius 1 is 0.884 bits per heavy atom. The van der Waals surface area contributed by atoms with Gasteiger partial charge in [-0.2, -0.15) is 0 Å². The molecule has 14 atom stereocenters. The van der Waals surface area contributed by atoms with Gasteiger partial charge in [0, 0.05) is 18.3 Å². The topological polar surface area (TPSA) is 35.5 Å². The van der Waals surface area contributed by atoms with E-state index in [2.05, 4.69) is 83.1 Å². The van der Waals surface area contributed by atoms with E-state index in [1.54, 1.807) is 0 Å². The molecule has 4 saturated carbocycles. The lowest BCUT2D eigenvalue weighted by Crippen LogP contribution is -2.61. The largest absolute Gasteiger partial charge is 0.349 e. The molecule has 5 fully saturated rings. The van der Waals surface area contributed by atoms with E-state index < -0.39 is 0 Å². The van der Waals surface area contributed by atoms with Crippen LogP contribution in [-0.4, -0.2) is 24.3 Å². The van der Waals surface area contributed by atoms with Gasteiger partial charge < -0.3 is 9.47 Å². The van der Waals surface area contributed by atoms with Crippen molar-refractivity contribution in [3.05, 3.63) is 0 Å². The van der Waals surface area contributed by atoms with Crippen LogP contribution in [0.2, 0.25) is 0 Å². The van der Waals surface area contributed by atoms with Crippen molar-refractivity contribution < 1.29 is 14.3 Å². The number of hydrogen-bond acceptors (Lipinski definition) is 3. The minimum Gasteiger partial charge on any atom is -0.349 e. The summed E-state index contributed by atoms with van der Waals surface area (Å²) < 4.78 is 13.4. The highest BCUT2D eigenvalue weighted by Gasteiger charge is 2.68. The summed E-state index contributed by atoms with van der Waals surface area (Å²) in [6, 6.07) is 0. The first-order valence-electron chi connectivity index (χ1n) is 18.8. The molecular formula is C40H70O3. The number of rotatable bonds is 8. The molecule has 1 aliphatic heterocycles. The number of fused-ring (bicyclic) bond motifs is 5. The highest BCUT2D eigenvalue weighted by Crippen LogP contribution is 2.74. The summed E-state index contributed by atoms with van der Waals surface area (Å²) in [6.45, 7) is 29.5. The van der Waals surface area contributed by atoms with E-state index in [-0.39, 0.29) is 35.2 Å². The standard InChI is InChI=1S/C40H70O3/c1-13-34-27(6)26(5)28(7)36(43-34)42-29-16-19-38(10)30-17-20-40(12)35(37(8,9)25(4)15-14-24(2)3)18-21-39(40,11)31(30)23-33(41)32(38)22-29/h24-32,34-36H,13-23H2,1-12H3/t25-,26?,27?,28?,29+,30?,31?,32-,34?,35-,36?,38-,39+,40-/m1/s1. The number of carbonyl (C=O) groups is 1. The molecule has 43 heavy (non-hydrogen) atoms. The van der Waals surface area contributed by atoms with E-state index in [0.717, 1.165) is 49.9 Å². The zero-order chi connectivity index (χ0) is 31.7. The van der Waals surface area contributed by atoms with Gasteiger partial charge in [-0.15, -0.1) is 0 Å². The van der Waals surface area contributed by atoms with Crippen LogP contribution >= 0.6 is 0 Å². The lowest BCUT2D eigenvalue weighted by atomic mass is 9.39. The molecule has 0 aromatic rings. The van der Waals surface area contributed by atoms with Crippen LogP contribution in [0.3, 0.4) is 0 Å². The quantitative estimate of drug-likeness (QED) is 0.261. The third-order valence-electron chi connectivity index (χ3n) is 16.3. The summed E-state index contributed by atoms with van der Waals surface area (Å²) in [5, 5.41) is 0. The molecule has 0 N–H and O–H groups in total. The van der Waals surface area contributed by atoms with Crippen LogP contribution in [0.5, 0.6) is 0 Å². The van der Waals surface area contributed by atoms with Gasteiger partial charge in [0.2, 0.25) is 0 Å². The Bertz CT molecular complexity index is 1000. The van der Waals surface area contributed by atoms with Crippen LogP contribution in [0.15, 0.2) is 0 Å². The number of ketones is 1. The van der Waals surface area contributed by atoms with Gasteiger partial charge in [-0.1, -0.05) is 89.5 Å². The van der Waals surface area contributed by atoms with E-state index in [0.29, 0.717) is 46.2 Å². The molecule has 0 spiro atoms. The van der Waals surface area contributed by atoms with Crippen LogP contribution in [0.4, 0.5) is 0 Å². The lowest BCUT2D eigenvalue weighted by molar-refractivity contribution is -0.273. The number of carbonyl (C=O) groups excluding carboxylic acids is 1.